The lowest BCUT2D eigenvalue weighted by Gasteiger charge is -2.33. The first-order valence-electron chi connectivity index (χ1n) is 13.1. The van der Waals surface area contributed by atoms with Crippen molar-refractivity contribution in [2.45, 2.75) is 51.8 Å². The van der Waals surface area contributed by atoms with Crippen molar-refractivity contribution in [3.63, 3.8) is 0 Å². The molecule has 7 nitrogen and oxygen atoms in total. The van der Waals surface area contributed by atoms with Crippen molar-refractivity contribution >= 4 is 35.4 Å². The van der Waals surface area contributed by atoms with Crippen LogP contribution in [0.2, 0.25) is 0 Å². The first-order chi connectivity index (χ1) is 18.2. The Morgan fingerprint density at radius 2 is 1.82 bits per heavy atom. The molecule has 1 aliphatic heterocycles. The third kappa shape index (κ3) is 5.24. The number of aromatic nitrogens is 5. The molecule has 0 bridgehead atoms. The number of pyridine rings is 1. The van der Waals surface area contributed by atoms with Crippen LogP contribution in [-0.4, -0.2) is 49.0 Å². The van der Waals surface area contributed by atoms with Crippen LogP contribution in [-0.2, 0) is 0 Å². The molecule has 200 valence electrons. The summed E-state index contributed by atoms with van der Waals surface area (Å²) in [5.74, 6) is 0.746. The number of benzene rings is 1. The lowest BCUT2D eigenvalue weighted by molar-refractivity contribution is 0.191. The first-order valence-corrected chi connectivity index (χ1v) is 13.6. The van der Waals surface area contributed by atoms with E-state index in [0.29, 0.717) is 28.6 Å². The maximum atomic E-state index is 15.0. The zero-order valence-corrected chi connectivity index (χ0v) is 23.0. The largest absolute Gasteiger partial charge is 0.326 e. The van der Waals surface area contributed by atoms with Gasteiger partial charge in [-0.1, -0.05) is 13.0 Å². The number of hydrogen-bond acceptors (Lipinski definition) is 7. The Hall–Kier alpha value is -3.11. The molecule has 5 rings (SSSR count). The van der Waals surface area contributed by atoms with E-state index in [1.165, 1.54) is 6.07 Å². The maximum Gasteiger partial charge on any atom is 0.229 e. The van der Waals surface area contributed by atoms with Crippen LogP contribution in [0.5, 0.6) is 0 Å². The lowest BCUT2D eigenvalue weighted by Crippen LogP contribution is -2.34. The number of hydrogen-bond donors (Lipinski definition) is 2. The van der Waals surface area contributed by atoms with Gasteiger partial charge in [0.1, 0.15) is 22.9 Å². The van der Waals surface area contributed by atoms with Gasteiger partial charge in [0, 0.05) is 23.1 Å². The van der Waals surface area contributed by atoms with Crippen LogP contribution in [0.3, 0.4) is 0 Å². The van der Waals surface area contributed by atoms with E-state index in [-0.39, 0.29) is 28.5 Å². The minimum Gasteiger partial charge on any atom is -0.326 e. The van der Waals surface area contributed by atoms with Gasteiger partial charge in [-0.3, -0.25) is 0 Å². The van der Waals surface area contributed by atoms with Crippen LogP contribution in [0.15, 0.2) is 36.7 Å². The lowest BCUT2D eigenvalue weighted by atomic mass is 9.90. The number of anilines is 2. The van der Waals surface area contributed by atoms with Crippen molar-refractivity contribution in [1.82, 2.24) is 29.4 Å². The molecule has 0 spiro atoms. The van der Waals surface area contributed by atoms with Crippen molar-refractivity contribution in [2.24, 2.45) is 5.92 Å². The van der Waals surface area contributed by atoms with E-state index in [2.05, 4.69) is 37.1 Å². The first kappa shape index (κ1) is 26.5. The molecule has 4 aromatic rings. The van der Waals surface area contributed by atoms with Gasteiger partial charge < -0.3 is 14.8 Å². The second-order valence-corrected chi connectivity index (χ2v) is 10.7. The number of likely N-dealkylation sites (tertiary alicyclic amines) is 1. The predicted molar refractivity (Wildman–Crippen MR) is 150 cm³/mol. The average Bonchev–Trinajstić information content (AvgIpc) is 3.26. The van der Waals surface area contributed by atoms with Gasteiger partial charge in [-0.2, -0.15) is 12.6 Å². The number of nitrogens with one attached hydrogen (secondary N) is 1. The summed E-state index contributed by atoms with van der Waals surface area (Å²) in [5, 5.41) is 3.17. The zero-order chi connectivity index (χ0) is 27.0. The molecule has 1 saturated heterocycles. The number of thiol groups is 1. The highest BCUT2D eigenvalue weighted by molar-refractivity contribution is 7.80. The van der Waals surface area contributed by atoms with E-state index >= 15 is 0 Å². The molecule has 0 unspecified atom stereocenters. The Morgan fingerprint density at radius 1 is 1.05 bits per heavy atom. The molecule has 0 aliphatic carbocycles. The molecule has 10 heteroatoms. The van der Waals surface area contributed by atoms with Crippen molar-refractivity contribution in [2.75, 3.05) is 25.0 Å². The zero-order valence-electron chi connectivity index (χ0n) is 22.1. The number of halogens is 2. The second kappa shape index (κ2) is 10.9. The topological polar surface area (TPSA) is 71.8 Å². The van der Waals surface area contributed by atoms with Gasteiger partial charge in [-0.05, 0) is 82.9 Å². The summed E-state index contributed by atoms with van der Waals surface area (Å²) < 4.78 is 31.7. The molecular formula is C28H33F2N7S. The Bertz CT molecular complexity index is 1430. The molecule has 4 heterocycles. The molecule has 1 aromatic carbocycles. The third-order valence-corrected chi connectivity index (χ3v) is 8.07. The van der Waals surface area contributed by atoms with Gasteiger partial charge in [-0.15, -0.1) is 0 Å². The summed E-state index contributed by atoms with van der Waals surface area (Å²) >= 11 is 4.89. The summed E-state index contributed by atoms with van der Waals surface area (Å²) in [4.78, 5) is 19.8. The molecule has 1 N–H and O–H groups in total. The summed E-state index contributed by atoms with van der Waals surface area (Å²) in [7, 11) is 0. The van der Waals surface area contributed by atoms with Crippen molar-refractivity contribution < 1.29 is 8.78 Å². The van der Waals surface area contributed by atoms with Crippen LogP contribution in [0.4, 0.5) is 20.5 Å². The smallest absolute Gasteiger partial charge is 0.229 e. The molecule has 1 fully saturated rings. The average molecular weight is 538 g/mol. The monoisotopic (exact) mass is 537 g/mol. The Labute approximate surface area is 227 Å². The molecule has 1 atom stereocenters. The summed E-state index contributed by atoms with van der Waals surface area (Å²) in [6, 6.07) is 6.90. The van der Waals surface area contributed by atoms with Crippen molar-refractivity contribution in [3.8, 4) is 11.3 Å². The number of piperidine rings is 1. The quantitative estimate of drug-likeness (QED) is 0.262. The van der Waals surface area contributed by atoms with Gasteiger partial charge in [0.2, 0.25) is 5.95 Å². The summed E-state index contributed by atoms with van der Waals surface area (Å²) in [6.45, 7) is 11.3. The molecule has 0 radical (unpaired) electrons. The summed E-state index contributed by atoms with van der Waals surface area (Å²) in [5.41, 5.74) is 2.24. The van der Waals surface area contributed by atoms with E-state index in [4.69, 9.17) is 12.6 Å². The van der Waals surface area contributed by atoms with Crippen LogP contribution in [0.1, 0.15) is 56.3 Å². The number of rotatable bonds is 7. The molecule has 1 aliphatic rings. The highest BCUT2D eigenvalue weighted by atomic mass is 32.1. The van der Waals surface area contributed by atoms with Gasteiger partial charge in [0.05, 0.1) is 11.7 Å². The summed E-state index contributed by atoms with van der Waals surface area (Å²) in [6.07, 6.45) is 5.14. The van der Waals surface area contributed by atoms with Gasteiger partial charge in [0.25, 0.3) is 0 Å². The fraction of sp³-hybridized carbons (Fsp3) is 0.429. The number of nitrogens with zero attached hydrogens (tertiary/aromatic N) is 6. The van der Waals surface area contributed by atoms with Gasteiger partial charge >= 0.3 is 0 Å². The van der Waals surface area contributed by atoms with Crippen LogP contribution in [0, 0.1) is 24.5 Å². The standard InChI is InChI=1S/C28H33F2N7S/c1-5-36-10-8-18(9-11-36)27(38)19-6-7-24(31-14-19)34-28-32-15-22(30)25(35-28)20-12-21(29)26-23(13-20)37(16(2)3)17(4)33-26/h6-7,12-16,18,27,38H,5,8-11H2,1-4H3,(H,31,32,34,35)/t27-/m1/s1. The molecule has 3 aromatic heterocycles. The van der Waals surface area contributed by atoms with Gasteiger partial charge in [-0.25, -0.2) is 28.7 Å². The van der Waals surface area contributed by atoms with Crippen molar-refractivity contribution in [3.05, 3.63) is 59.7 Å². The Morgan fingerprint density at radius 3 is 2.47 bits per heavy atom. The fourth-order valence-corrected chi connectivity index (χ4v) is 5.76. The minimum atomic E-state index is -0.642. The van der Waals surface area contributed by atoms with Crippen LogP contribution >= 0.6 is 12.6 Å². The highest BCUT2D eigenvalue weighted by Gasteiger charge is 2.25. The maximum absolute atomic E-state index is 15.0. The van der Waals surface area contributed by atoms with Gasteiger partial charge in [0.15, 0.2) is 11.6 Å². The molecule has 38 heavy (non-hydrogen) atoms. The van der Waals surface area contributed by atoms with Crippen molar-refractivity contribution in [1.29, 1.82) is 0 Å². The highest BCUT2D eigenvalue weighted by Crippen LogP contribution is 2.36. The second-order valence-electron chi connectivity index (χ2n) is 10.2. The van der Waals surface area contributed by atoms with E-state index < -0.39 is 11.6 Å². The minimum absolute atomic E-state index is 0.00271. The Kier molecular flexibility index (Phi) is 7.63. The van der Waals surface area contributed by atoms with E-state index in [1.54, 1.807) is 6.07 Å². The number of imidazole rings is 1. The third-order valence-electron chi connectivity index (χ3n) is 7.35. The SMILES string of the molecule is CCN1CCC([C@@H](S)c2ccc(Nc3ncc(F)c(-c4cc(F)c5nc(C)n(C(C)C)c5c4)n3)nc2)CC1. The Balaban J connectivity index is 1.37. The number of fused-ring (bicyclic) bond motifs is 1. The number of aryl methyl sites for hydroxylation is 1. The predicted octanol–water partition coefficient (Wildman–Crippen LogP) is 6.50. The molecule has 0 amide bonds. The van der Waals surface area contributed by atoms with Crippen LogP contribution in [0.25, 0.3) is 22.3 Å². The molecular weight excluding hydrogens is 504 g/mol. The molecule has 0 saturated carbocycles. The van der Waals surface area contributed by atoms with E-state index in [0.717, 1.165) is 44.2 Å². The van der Waals surface area contributed by atoms with Crippen LogP contribution < -0.4 is 5.32 Å². The van der Waals surface area contributed by atoms with E-state index in [1.807, 2.05) is 43.7 Å². The normalized spacial score (nSPS) is 15.9. The van der Waals surface area contributed by atoms with E-state index in [9.17, 15) is 8.78 Å². The fourth-order valence-electron chi connectivity index (χ4n) is 5.31.